The van der Waals surface area contributed by atoms with Crippen LogP contribution >= 0.6 is 0 Å². The third-order valence-electron chi connectivity index (χ3n) is 7.09. The van der Waals surface area contributed by atoms with E-state index in [4.69, 9.17) is 4.74 Å². The quantitative estimate of drug-likeness (QED) is 0.110. The van der Waals surface area contributed by atoms with Crippen LogP contribution in [-0.4, -0.2) is 34.5 Å². The van der Waals surface area contributed by atoms with E-state index in [1.165, 1.54) is 95.3 Å². The molecule has 1 atom stereocenters. The predicted octanol–water partition coefficient (Wildman–Crippen LogP) is 8.63. The third-order valence-corrected chi connectivity index (χ3v) is 7.09. The first-order valence-corrected chi connectivity index (χ1v) is 14.5. The van der Waals surface area contributed by atoms with E-state index < -0.39 is 17.7 Å². The van der Waals surface area contributed by atoms with Crippen molar-refractivity contribution in [2.24, 2.45) is 0 Å². The Bertz CT molecular complexity index is 923. The molecule has 0 aromatic heterocycles. The lowest BCUT2D eigenvalue weighted by Gasteiger charge is -2.24. The maximum Gasteiger partial charge on any atom is 0.196 e. The molecule has 0 fully saturated rings. The van der Waals surface area contributed by atoms with Crippen molar-refractivity contribution in [2.45, 2.75) is 123 Å². The van der Waals surface area contributed by atoms with Gasteiger partial charge in [-0.1, -0.05) is 102 Å². The number of carbonyl (C=O) groups excluding carboxylic acids is 2. The van der Waals surface area contributed by atoms with E-state index in [2.05, 4.69) is 6.92 Å². The Labute approximate surface area is 224 Å². The average molecular weight is 513 g/mol. The molecule has 5 nitrogen and oxygen atoms in total. The van der Waals surface area contributed by atoms with Crippen molar-refractivity contribution in [1.82, 2.24) is 0 Å². The first-order valence-electron chi connectivity index (χ1n) is 14.5. The molecule has 0 radical (unpaired) electrons. The Morgan fingerprint density at radius 1 is 0.784 bits per heavy atom. The molecule has 0 saturated carbocycles. The van der Waals surface area contributed by atoms with Gasteiger partial charge in [0.25, 0.3) is 0 Å². The Balaban J connectivity index is 1.74. The second-order valence-electron chi connectivity index (χ2n) is 10.6. The predicted molar refractivity (Wildman–Crippen MR) is 151 cm³/mol. The van der Waals surface area contributed by atoms with E-state index in [0.717, 1.165) is 18.4 Å². The van der Waals surface area contributed by atoms with E-state index in [1.54, 1.807) is 0 Å². The van der Waals surface area contributed by atoms with Gasteiger partial charge in [-0.05, 0) is 44.9 Å². The molecule has 0 heterocycles. The van der Waals surface area contributed by atoms with Gasteiger partial charge in [-0.3, -0.25) is 9.59 Å². The SMILES string of the molecule is CCCCCCCCCCCCCCCCOC(CC=C(C)C)C1=CC(=O)c2c(O)ccc(O)c2C1=O. The highest BCUT2D eigenvalue weighted by Crippen LogP contribution is 2.36. The smallest absolute Gasteiger partial charge is 0.196 e. The normalized spacial score (nSPS) is 13.9. The number of hydrogen-bond acceptors (Lipinski definition) is 5. The molecular formula is C32H48O5. The van der Waals surface area contributed by atoms with Crippen LogP contribution in [0.5, 0.6) is 11.5 Å². The second kappa shape index (κ2) is 17.2. The zero-order chi connectivity index (χ0) is 27.0. The number of rotatable bonds is 19. The number of unbranched alkanes of at least 4 members (excludes halogenated alkanes) is 13. The van der Waals surface area contributed by atoms with Crippen LogP contribution in [0, 0.1) is 0 Å². The van der Waals surface area contributed by atoms with Gasteiger partial charge in [-0.25, -0.2) is 0 Å². The molecule has 1 unspecified atom stereocenters. The number of ketones is 2. The average Bonchev–Trinajstić information content (AvgIpc) is 2.87. The van der Waals surface area contributed by atoms with E-state index >= 15 is 0 Å². The summed E-state index contributed by atoms with van der Waals surface area (Å²) in [5.74, 6) is -1.55. The minimum Gasteiger partial charge on any atom is -0.507 e. The first kappa shape index (κ1) is 30.8. The lowest BCUT2D eigenvalue weighted by Crippen LogP contribution is -2.27. The van der Waals surface area contributed by atoms with Gasteiger partial charge in [0.05, 0.1) is 17.2 Å². The van der Waals surface area contributed by atoms with Crippen LogP contribution in [0.2, 0.25) is 0 Å². The molecule has 2 N–H and O–H groups in total. The number of aromatic hydroxyl groups is 2. The molecule has 0 aliphatic heterocycles. The summed E-state index contributed by atoms with van der Waals surface area (Å²) in [6, 6.07) is 2.47. The topological polar surface area (TPSA) is 83.8 Å². The lowest BCUT2D eigenvalue weighted by atomic mass is 9.85. The number of allylic oxidation sites excluding steroid dienone is 2. The molecule has 0 spiro atoms. The second-order valence-corrected chi connectivity index (χ2v) is 10.6. The fourth-order valence-corrected chi connectivity index (χ4v) is 4.87. The van der Waals surface area contributed by atoms with E-state index in [1.807, 2.05) is 19.9 Å². The summed E-state index contributed by atoms with van der Waals surface area (Å²) in [4.78, 5) is 25.9. The summed E-state index contributed by atoms with van der Waals surface area (Å²) < 4.78 is 6.11. The number of benzene rings is 1. The molecule has 5 heteroatoms. The van der Waals surface area contributed by atoms with Gasteiger partial charge in [0, 0.05) is 12.2 Å². The molecule has 0 amide bonds. The van der Waals surface area contributed by atoms with Crippen LogP contribution in [0.1, 0.15) is 138 Å². The molecule has 1 aromatic rings. The van der Waals surface area contributed by atoms with Gasteiger partial charge in [0.2, 0.25) is 0 Å². The first-order chi connectivity index (χ1) is 17.9. The van der Waals surface area contributed by atoms with Crippen molar-refractivity contribution in [2.75, 3.05) is 6.61 Å². The number of Topliss-reactive ketones (excluding diaryl/α,β-unsaturated/α-hetero) is 1. The van der Waals surface area contributed by atoms with Gasteiger partial charge < -0.3 is 14.9 Å². The monoisotopic (exact) mass is 512 g/mol. The molecule has 0 saturated heterocycles. The van der Waals surface area contributed by atoms with Crippen LogP contribution in [-0.2, 0) is 4.74 Å². The Kier molecular flexibility index (Phi) is 14.3. The van der Waals surface area contributed by atoms with Crippen molar-refractivity contribution >= 4 is 11.6 Å². The summed E-state index contributed by atoms with van der Waals surface area (Å²) in [5, 5.41) is 20.3. The van der Waals surface area contributed by atoms with Gasteiger partial charge in [0.15, 0.2) is 11.6 Å². The number of phenolic OH excluding ortho intramolecular Hbond substituents is 2. The highest BCUT2D eigenvalue weighted by Gasteiger charge is 2.34. The van der Waals surface area contributed by atoms with Crippen molar-refractivity contribution in [1.29, 1.82) is 0 Å². The Hall–Kier alpha value is -2.40. The molecule has 0 bridgehead atoms. The molecule has 1 aromatic carbocycles. The fraction of sp³-hybridized carbons (Fsp3) is 0.625. The van der Waals surface area contributed by atoms with Gasteiger partial charge in [-0.15, -0.1) is 0 Å². The Morgan fingerprint density at radius 2 is 1.27 bits per heavy atom. The number of fused-ring (bicyclic) bond motifs is 1. The van der Waals surface area contributed by atoms with Gasteiger partial charge in [0.1, 0.15) is 11.5 Å². The number of carbonyl (C=O) groups is 2. The standard InChI is InChI=1S/C32H48O5/c1-4-5-6-7-8-9-10-11-12-13-14-15-16-17-22-37-29(21-18-24(2)3)25-23-28(35)30-26(33)19-20-27(34)31(30)32(25)36/h18-20,23,29,33-34H,4-17,21-22H2,1-3H3. The maximum absolute atomic E-state index is 13.2. The summed E-state index contributed by atoms with van der Waals surface area (Å²) in [7, 11) is 0. The van der Waals surface area contributed by atoms with Crippen LogP contribution in [0.3, 0.4) is 0 Å². The van der Waals surface area contributed by atoms with Crippen molar-refractivity contribution in [3.05, 3.63) is 46.6 Å². The molecule has 2 rings (SSSR count). The number of phenols is 2. The maximum atomic E-state index is 13.2. The number of ether oxygens (including phenoxy) is 1. The van der Waals surface area contributed by atoms with Gasteiger partial charge >= 0.3 is 0 Å². The minimum atomic E-state index is -0.566. The Morgan fingerprint density at radius 3 is 1.78 bits per heavy atom. The van der Waals surface area contributed by atoms with Crippen molar-refractivity contribution in [3.63, 3.8) is 0 Å². The highest BCUT2D eigenvalue weighted by atomic mass is 16.5. The zero-order valence-electron chi connectivity index (χ0n) is 23.3. The summed E-state index contributed by atoms with van der Waals surface area (Å²) in [5.41, 5.74) is 1.06. The molecule has 1 aliphatic carbocycles. The molecule has 1 aliphatic rings. The minimum absolute atomic E-state index is 0.134. The number of hydrogen-bond donors (Lipinski definition) is 2. The zero-order valence-corrected chi connectivity index (χ0v) is 23.3. The van der Waals surface area contributed by atoms with Crippen LogP contribution in [0.25, 0.3) is 0 Å². The van der Waals surface area contributed by atoms with E-state index in [0.29, 0.717) is 13.0 Å². The molecule has 206 valence electrons. The van der Waals surface area contributed by atoms with Gasteiger partial charge in [-0.2, -0.15) is 0 Å². The fourth-order valence-electron chi connectivity index (χ4n) is 4.87. The van der Waals surface area contributed by atoms with Crippen molar-refractivity contribution in [3.8, 4) is 11.5 Å². The van der Waals surface area contributed by atoms with E-state index in [-0.39, 0.29) is 28.2 Å². The van der Waals surface area contributed by atoms with Crippen molar-refractivity contribution < 1.29 is 24.5 Å². The summed E-state index contributed by atoms with van der Waals surface area (Å²) >= 11 is 0. The van der Waals surface area contributed by atoms with E-state index in [9.17, 15) is 19.8 Å². The largest absolute Gasteiger partial charge is 0.507 e. The molecule has 37 heavy (non-hydrogen) atoms. The van der Waals surface area contributed by atoms with Crippen LogP contribution in [0.4, 0.5) is 0 Å². The van der Waals surface area contributed by atoms with Crippen LogP contribution in [0.15, 0.2) is 35.4 Å². The highest BCUT2D eigenvalue weighted by molar-refractivity contribution is 6.27. The third kappa shape index (κ3) is 10.5. The molecular weight excluding hydrogens is 464 g/mol. The summed E-state index contributed by atoms with van der Waals surface area (Å²) in [6.45, 7) is 6.73. The summed E-state index contributed by atoms with van der Waals surface area (Å²) in [6.07, 6.45) is 21.1. The van der Waals surface area contributed by atoms with Crippen LogP contribution < -0.4 is 0 Å². The lowest BCUT2D eigenvalue weighted by molar-refractivity contribution is 0.0670.